The lowest BCUT2D eigenvalue weighted by Gasteiger charge is -2.16. The van der Waals surface area contributed by atoms with Gasteiger partial charge in [0.2, 0.25) is 11.8 Å². The molecule has 0 radical (unpaired) electrons. The van der Waals surface area contributed by atoms with E-state index in [1.54, 1.807) is 6.07 Å². The molecule has 12 nitrogen and oxygen atoms in total. The van der Waals surface area contributed by atoms with Crippen LogP contribution in [0.3, 0.4) is 0 Å². The van der Waals surface area contributed by atoms with Crippen molar-refractivity contribution in [3.63, 3.8) is 0 Å². The minimum absolute atomic E-state index is 0.0218. The Kier molecular flexibility index (Phi) is 6.86. The first-order valence-electron chi connectivity index (χ1n) is 10.2. The van der Waals surface area contributed by atoms with Crippen LogP contribution < -0.4 is 24.6 Å². The van der Waals surface area contributed by atoms with Gasteiger partial charge in [-0.15, -0.1) is 0 Å². The molecule has 0 saturated heterocycles. The van der Waals surface area contributed by atoms with Crippen LogP contribution in [0.5, 0.6) is 23.1 Å². The number of nitrogens with zero attached hydrogens (tertiary/aromatic N) is 7. The molecular weight excluding hydrogens is 497 g/mol. The molecule has 0 unspecified atom stereocenters. The molecule has 0 bridgehead atoms. The predicted octanol–water partition coefficient (Wildman–Crippen LogP) is 4.46. The van der Waals surface area contributed by atoms with Crippen molar-refractivity contribution < 1.29 is 23.3 Å². The Hall–Kier alpha value is -4.48. The van der Waals surface area contributed by atoms with Crippen LogP contribution in [0, 0.1) is 5.82 Å². The van der Waals surface area contributed by atoms with Crippen molar-refractivity contribution in [3.8, 4) is 28.8 Å². The van der Waals surface area contributed by atoms with E-state index in [2.05, 4.69) is 20.0 Å². The zero-order chi connectivity index (χ0) is 26.0. The number of benzene rings is 2. The van der Waals surface area contributed by atoms with E-state index in [9.17, 15) is 9.18 Å². The Morgan fingerprint density at radius 3 is 2.53 bits per heavy atom. The van der Waals surface area contributed by atoms with Crippen LogP contribution in [0.25, 0.3) is 27.3 Å². The molecule has 2 heterocycles. The first-order chi connectivity index (χ1) is 17.3. The standard InChI is InChI=1S/C22H19ClFN7O5/c1-30-18-19(26-21(28-29-25)27-20(18)35-4)31(22(30)32)14-9-17(16(34-3)8-12(14)23)36-10-11-13(24)6-5-7-15(11)33-2/h5-9H,10H2,1-4H3. The van der Waals surface area contributed by atoms with E-state index in [-0.39, 0.29) is 57.4 Å². The zero-order valence-corrected chi connectivity index (χ0v) is 20.3. The van der Waals surface area contributed by atoms with E-state index in [1.165, 1.54) is 61.8 Å². The maximum absolute atomic E-state index is 14.4. The Morgan fingerprint density at radius 2 is 1.86 bits per heavy atom. The van der Waals surface area contributed by atoms with E-state index >= 15 is 0 Å². The molecular formula is C22H19ClFN7O5. The molecule has 186 valence electrons. The Morgan fingerprint density at radius 1 is 1.11 bits per heavy atom. The number of imidazole rings is 1. The van der Waals surface area contributed by atoms with E-state index < -0.39 is 11.5 Å². The molecule has 36 heavy (non-hydrogen) atoms. The number of hydrogen-bond acceptors (Lipinski definition) is 8. The minimum Gasteiger partial charge on any atom is -0.496 e. The van der Waals surface area contributed by atoms with Crippen LogP contribution in [-0.2, 0) is 13.7 Å². The summed E-state index contributed by atoms with van der Waals surface area (Å²) in [6.07, 6.45) is 0. The second kappa shape index (κ2) is 10.0. The van der Waals surface area contributed by atoms with Crippen molar-refractivity contribution in [2.24, 2.45) is 12.2 Å². The van der Waals surface area contributed by atoms with Crippen LogP contribution in [-0.4, -0.2) is 40.4 Å². The number of aromatic nitrogens is 4. The van der Waals surface area contributed by atoms with Gasteiger partial charge in [-0.2, -0.15) is 4.98 Å². The summed E-state index contributed by atoms with van der Waals surface area (Å²) in [5.41, 5.74) is 8.97. The van der Waals surface area contributed by atoms with Gasteiger partial charge in [0, 0.05) is 24.1 Å². The predicted molar refractivity (Wildman–Crippen MR) is 128 cm³/mol. The van der Waals surface area contributed by atoms with Gasteiger partial charge in [-0.3, -0.25) is 4.57 Å². The highest BCUT2D eigenvalue weighted by molar-refractivity contribution is 6.32. The van der Waals surface area contributed by atoms with Crippen molar-refractivity contribution in [3.05, 3.63) is 67.7 Å². The monoisotopic (exact) mass is 515 g/mol. The molecule has 2 aromatic heterocycles. The van der Waals surface area contributed by atoms with Gasteiger partial charge in [0.1, 0.15) is 18.2 Å². The van der Waals surface area contributed by atoms with E-state index in [4.69, 9.17) is 36.1 Å². The first kappa shape index (κ1) is 24.6. The smallest absolute Gasteiger partial charge is 0.334 e. The summed E-state index contributed by atoms with van der Waals surface area (Å²) < 4.78 is 38.6. The van der Waals surface area contributed by atoms with Crippen LogP contribution >= 0.6 is 11.6 Å². The third-order valence-corrected chi connectivity index (χ3v) is 5.62. The van der Waals surface area contributed by atoms with E-state index in [0.29, 0.717) is 5.75 Å². The molecule has 0 aliphatic heterocycles. The SMILES string of the molecule is COc1cc(Cl)c(-n2c(=O)n(C)c3c(OC)nc(N=[N+]=[N-])nc32)cc1OCc1c(F)cccc1OC. The molecule has 2 aromatic carbocycles. The molecule has 0 fully saturated rings. The second-order valence-corrected chi connectivity index (χ2v) is 7.64. The third-order valence-electron chi connectivity index (χ3n) is 5.32. The largest absolute Gasteiger partial charge is 0.496 e. The highest BCUT2D eigenvalue weighted by Gasteiger charge is 2.23. The average Bonchev–Trinajstić information content (AvgIpc) is 3.12. The maximum Gasteiger partial charge on any atom is 0.334 e. The number of rotatable bonds is 8. The van der Waals surface area contributed by atoms with Crippen molar-refractivity contribution in [2.75, 3.05) is 21.3 Å². The average molecular weight is 516 g/mol. The molecule has 4 aromatic rings. The lowest BCUT2D eigenvalue weighted by atomic mass is 10.2. The molecule has 0 atom stereocenters. The van der Waals surface area contributed by atoms with Gasteiger partial charge in [0.15, 0.2) is 22.7 Å². The lowest BCUT2D eigenvalue weighted by Crippen LogP contribution is -2.21. The summed E-state index contributed by atoms with van der Waals surface area (Å²) in [5.74, 6) is -0.0240. The third kappa shape index (κ3) is 4.21. The summed E-state index contributed by atoms with van der Waals surface area (Å²) in [5, 5.41) is 3.55. The summed E-state index contributed by atoms with van der Waals surface area (Å²) in [6, 6.07) is 7.32. The van der Waals surface area contributed by atoms with Gasteiger partial charge in [0.05, 0.1) is 37.6 Å². The van der Waals surface area contributed by atoms with Gasteiger partial charge in [-0.25, -0.2) is 18.7 Å². The number of aryl methyl sites for hydroxylation is 1. The fraction of sp³-hybridized carbons (Fsp3) is 0.227. The van der Waals surface area contributed by atoms with Crippen molar-refractivity contribution in [2.45, 2.75) is 6.61 Å². The first-order valence-corrected chi connectivity index (χ1v) is 10.6. The molecule has 0 saturated carbocycles. The van der Waals surface area contributed by atoms with Gasteiger partial charge in [0.25, 0.3) is 0 Å². The highest BCUT2D eigenvalue weighted by Crippen LogP contribution is 2.37. The topological polar surface area (TPSA) is 138 Å². The fourth-order valence-electron chi connectivity index (χ4n) is 3.63. The van der Waals surface area contributed by atoms with Crippen LogP contribution in [0.1, 0.15) is 5.56 Å². The maximum atomic E-state index is 14.4. The van der Waals surface area contributed by atoms with Crippen LogP contribution in [0.4, 0.5) is 10.3 Å². The highest BCUT2D eigenvalue weighted by atomic mass is 35.5. The van der Waals surface area contributed by atoms with Gasteiger partial charge >= 0.3 is 5.69 Å². The van der Waals surface area contributed by atoms with E-state index in [1.807, 2.05) is 0 Å². The van der Waals surface area contributed by atoms with Crippen molar-refractivity contribution in [1.82, 2.24) is 19.1 Å². The van der Waals surface area contributed by atoms with Crippen LogP contribution in [0.2, 0.25) is 5.02 Å². The molecule has 0 amide bonds. The van der Waals surface area contributed by atoms with Gasteiger partial charge in [-0.1, -0.05) is 17.7 Å². The molecule has 0 aliphatic carbocycles. The zero-order valence-electron chi connectivity index (χ0n) is 19.5. The summed E-state index contributed by atoms with van der Waals surface area (Å²) >= 11 is 6.52. The van der Waals surface area contributed by atoms with Crippen LogP contribution in [0.15, 0.2) is 40.2 Å². The number of hydrogen-bond donors (Lipinski definition) is 0. The molecule has 0 aliphatic rings. The quantitative estimate of drug-likeness (QED) is 0.192. The molecule has 0 N–H and O–H groups in total. The number of azide groups is 1. The Balaban J connectivity index is 1.90. The minimum atomic E-state index is -0.538. The fourth-order valence-corrected chi connectivity index (χ4v) is 3.87. The van der Waals surface area contributed by atoms with Crippen molar-refractivity contribution in [1.29, 1.82) is 0 Å². The van der Waals surface area contributed by atoms with Gasteiger partial charge in [-0.05, 0) is 22.8 Å². The second-order valence-electron chi connectivity index (χ2n) is 7.24. The van der Waals surface area contributed by atoms with E-state index in [0.717, 1.165) is 0 Å². The summed E-state index contributed by atoms with van der Waals surface area (Å²) in [4.78, 5) is 24.2. The lowest BCUT2D eigenvalue weighted by molar-refractivity contribution is 0.272. The van der Waals surface area contributed by atoms with Crippen molar-refractivity contribution >= 4 is 28.7 Å². The van der Waals surface area contributed by atoms with Gasteiger partial charge < -0.3 is 18.9 Å². The number of methoxy groups -OCH3 is 3. The Labute approximate surface area is 208 Å². The molecule has 14 heteroatoms. The normalized spacial score (nSPS) is 10.7. The summed E-state index contributed by atoms with van der Waals surface area (Å²) in [7, 11) is 5.69. The summed E-state index contributed by atoms with van der Waals surface area (Å²) in [6.45, 7) is -0.200. The number of halogens is 2. The molecule has 0 spiro atoms. The Bertz CT molecular complexity index is 1580. The number of ether oxygens (including phenoxy) is 4. The number of fused-ring (bicyclic) bond motifs is 1. The molecule has 4 rings (SSSR count).